The minimum absolute atomic E-state index is 0.417. The molecule has 0 bridgehead atoms. The van der Waals surface area contributed by atoms with E-state index in [4.69, 9.17) is 0 Å². The fourth-order valence-electron chi connectivity index (χ4n) is 3.29. The van der Waals surface area contributed by atoms with E-state index in [9.17, 15) is 13.2 Å². The molecule has 1 saturated carbocycles. The molecule has 0 spiro atoms. The first kappa shape index (κ1) is 16.3. The van der Waals surface area contributed by atoms with E-state index in [0.29, 0.717) is 24.1 Å². The van der Waals surface area contributed by atoms with Gasteiger partial charge in [0.05, 0.1) is 5.56 Å². The van der Waals surface area contributed by atoms with Gasteiger partial charge in [-0.1, -0.05) is 44.4 Å². The summed E-state index contributed by atoms with van der Waals surface area (Å²) in [6.07, 6.45) is 3.15. The van der Waals surface area contributed by atoms with Crippen LogP contribution in [0.4, 0.5) is 13.2 Å². The zero-order valence-electron chi connectivity index (χ0n) is 12.5. The molecule has 1 N–H and O–H groups in total. The molecule has 0 saturated heterocycles. The van der Waals surface area contributed by atoms with Gasteiger partial charge in [-0.25, -0.2) is 0 Å². The predicted molar refractivity (Wildman–Crippen MR) is 78.9 cm³/mol. The molecular weight excluding hydrogens is 275 g/mol. The molecule has 4 heteroatoms. The van der Waals surface area contributed by atoms with Crippen LogP contribution in [0.25, 0.3) is 0 Å². The van der Waals surface area contributed by atoms with Crippen molar-refractivity contribution in [3.8, 4) is 0 Å². The quantitative estimate of drug-likeness (QED) is 0.792. The molecule has 1 unspecified atom stereocenters. The number of hydrogen-bond acceptors (Lipinski definition) is 1. The molecule has 0 aliphatic heterocycles. The van der Waals surface area contributed by atoms with E-state index in [-0.39, 0.29) is 0 Å². The minimum Gasteiger partial charge on any atom is -0.310 e. The second-order valence-corrected chi connectivity index (χ2v) is 5.99. The van der Waals surface area contributed by atoms with Gasteiger partial charge in [0.25, 0.3) is 0 Å². The van der Waals surface area contributed by atoms with Gasteiger partial charge in [-0.3, -0.25) is 0 Å². The number of alkyl halides is 3. The van der Waals surface area contributed by atoms with E-state index in [1.807, 2.05) is 0 Å². The van der Waals surface area contributed by atoms with Gasteiger partial charge in [-0.15, -0.1) is 0 Å². The Hall–Kier alpha value is -1.03. The van der Waals surface area contributed by atoms with Crippen LogP contribution in [0.15, 0.2) is 24.3 Å². The summed E-state index contributed by atoms with van der Waals surface area (Å²) in [5.74, 6) is 0.676. The fourth-order valence-corrected chi connectivity index (χ4v) is 3.29. The zero-order chi connectivity index (χ0) is 15.3. The fraction of sp³-hybridized carbons (Fsp3) is 0.647. The normalized spacial score (nSPS) is 18.7. The van der Waals surface area contributed by atoms with Gasteiger partial charge < -0.3 is 5.32 Å². The lowest BCUT2D eigenvalue weighted by Gasteiger charge is -2.30. The monoisotopic (exact) mass is 299 g/mol. The van der Waals surface area contributed by atoms with Crippen LogP contribution >= 0.6 is 0 Å². The summed E-state index contributed by atoms with van der Waals surface area (Å²) in [7, 11) is 0. The van der Waals surface area contributed by atoms with Crippen molar-refractivity contribution in [3.63, 3.8) is 0 Å². The van der Waals surface area contributed by atoms with Gasteiger partial charge in [0.2, 0.25) is 0 Å². The molecule has 0 amide bonds. The second-order valence-electron chi connectivity index (χ2n) is 5.99. The Morgan fingerprint density at radius 1 is 1.19 bits per heavy atom. The molecule has 1 nitrogen and oxygen atoms in total. The maximum atomic E-state index is 12.7. The Morgan fingerprint density at radius 3 is 2.52 bits per heavy atom. The SMILES string of the molecule is CCC(NCc1cccc(C(F)(F)F)c1)C1CCCCC1. The molecule has 0 aromatic heterocycles. The lowest BCUT2D eigenvalue weighted by Crippen LogP contribution is -2.36. The molecule has 1 aromatic rings. The average molecular weight is 299 g/mol. The van der Waals surface area contributed by atoms with Crippen LogP contribution in [0.3, 0.4) is 0 Å². The van der Waals surface area contributed by atoms with Crippen LogP contribution < -0.4 is 5.32 Å². The van der Waals surface area contributed by atoms with Crippen molar-refractivity contribution in [2.24, 2.45) is 5.92 Å². The maximum absolute atomic E-state index is 12.7. The zero-order valence-corrected chi connectivity index (χ0v) is 12.5. The molecule has 1 aliphatic carbocycles. The van der Waals surface area contributed by atoms with E-state index in [1.165, 1.54) is 44.2 Å². The van der Waals surface area contributed by atoms with E-state index >= 15 is 0 Å². The Morgan fingerprint density at radius 2 is 1.90 bits per heavy atom. The number of hydrogen-bond donors (Lipinski definition) is 1. The molecular formula is C17H24F3N. The van der Waals surface area contributed by atoms with Crippen molar-refractivity contribution in [1.82, 2.24) is 5.32 Å². The Bertz CT molecular complexity index is 436. The van der Waals surface area contributed by atoms with E-state index in [0.717, 1.165) is 12.5 Å². The number of rotatable bonds is 5. The Balaban J connectivity index is 1.94. The molecule has 2 rings (SSSR count). The first-order valence-corrected chi connectivity index (χ1v) is 7.90. The average Bonchev–Trinajstić information content (AvgIpc) is 2.48. The summed E-state index contributed by atoms with van der Waals surface area (Å²) in [5.41, 5.74) is 0.145. The summed E-state index contributed by atoms with van der Waals surface area (Å²) in [6, 6.07) is 6.04. The van der Waals surface area contributed by atoms with Crippen molar-refractivity contribution in [2.45, 2.75) is 64.2 Å². The highest BCUT2D eigenvalue weighted by atomic mass is 19.4. The standard InChI is InChI=1S/C17H24F3N/c1-2-16(14-8-4-3-5-9-14)21-12-13-7-6-10-15(11-13)17(18,19)20/h6-7,10-11,14,16,21H,2-5,8-9,12H2,1H3. The number of halogens is 3. The highest BCUT2D eigenvalue weighted by Crippen LogP contribution is 2.30. The van der Waals surface area contributed by atoms with Gasteiger partial charge in [-0.2, -0.15) is 13.2 Å². The molecule has 118 valence electrons. The summed E-state index contributed by atoms with van der Waals surface area (Å²) < 4.78 is 38.1. The van der Waals surface area contributed by atoms with E-state index in [2.05, 4.69) is 12.2 Å². The van der Waals surface area contributed by atoms with Gasteiger partial charge in [0, 0.05) is 12.6 Å². The Labute approximate surface area is 124 Å². The van der Waals surface area contributed by atoms with E-state index < -0.39 is 11.7 Å². The van der Waals surface area contributed by atoms with Gasteiger partial charge in [0.15, 0.2) is 0 Å². The minimum atomic E-state index is -4.26. The first-order valence-electron chi connectivity index (χ1n) is 7.90. The van der Waals surface area contributed by atoms with Crippen molar-refractivity contribution in [2.75, 3.05) is 0 Å². The van der Waals surface area contributed by atoms with Gasteiger partial charge >= 0.3 is 6.18 Å². The lowest BCUT2D eigenvalue weighted by atomic mass is 9.83. The summed E-state index contributed by atoms with van der Waals surface area (Å²) in [4.78, 5) is 0. The molecule has 21 heavy (non-hydrogen) atoms. The first-order chi connectivity index (χ1) is 10.0. The van der Waals surface area contributed by atoms with Crippen molar-refractivity contribution >= 4 is 0 Å². The number of benzene rings is 1. The Kier molecular flexibility index (Phi) is 5.68. The van der Waals surface area contributed by atoms with Crippen LogP contribution in [0, 0.1) is 5.92 Å². The second kappa shape index (κ2) is 7.30. The highest BCUT2D eigenvalue weighted by molar-refractivity contribution is 5.25. The predicted octanol–water partition coefficient (Wildman–Crippen LogP) is 5.15. The van der Waals surface area contributed by atoms with Crippen LogP contribution in [0.1, 0.15) is 56.6 Å². The largest absolute Gasteiger partial charge is 0.416 e. The van der Waals surface area contributed by atoms with Crippen molar-refractivity contribution in [3.05, 3.63) is 35.4 Å². The summed E-state index contributed by atoms with van der Waals surface area (Å²) in [5, 5.41) is 3.47. The smallest absolute Gasteiger partial charge is 0.310 e. The van der Waals surface area contributed by atoms with Crippen LogP contribution in [0.2, 0.25) is 0 Å². The number of nitrogens with one attached hydrogen (secondary N) is 1. The maximum Gasteiger partial charge on any atom is 0.416 e. The topological polar surface area (TPSA) is 12.0 Å². The van der Waals surface area contributed by atoms with Crippen LogP contribution in [-0.2, 0) is 12.7 Å². The molecule has 1 aliphatic rings. The summed E-state index contributed by atoms with van der Waals surface area (Å²) in [6.45, 7) is 2.66. The van der Waals surface area contributed by atoms with Crippen LogP contribution in [0.5, 0.6) is 0 Å². The third-order valence-electron chi connectivity index (χ3n) is 4.48. The van der Waals surface area contributed by atoms with E-state index in [1.54, 1.807) is 6.07 Å². The van der Waals surface area contributed by atoms with Gasteiger partial charge in [-0.05, 0) is 36.8 Å². The molecule has 1 fully saturated rings. The third-order valence-corrected chi connectivity index (χ3v) is 4.48. The molecule has 0 radical (unpaired) electrons. The van der Waals surface area contributed by atoms with Gasteiger partial charge in [0.1, 0.15) is 0 Å². The summed E-state index contributed by atoms with van der Waals surface area (Å²) >= 11 is 0. The van der Waals surface area contributed by atoms with Crippen molar-refractivity contribution in [1.29, 1.82) is 0 Å². The third kappa shape index (κ3) is 4.73. The van der Waals surface area contributed by atoms with Crippen LogP contribution in [-0.4, -0.2) is 6.04 Å². The van der Waals surface area contributed by atoms with Crippen molar-refractivity contribution < 1.29 is 13.2 Å². The molecule has 1 atom stereocenters. The lowest BCUT2D eigenvalue weighted by molar-refractivity contribution is -0.137. The molecule has 0 heterocycles. The highest BCUT2D eigenvalue weighted by Gasteiger charge is 2.30. The molecule has 1 aromatic carbocycles.